The van der Waals surface area contributed by atoms with Gasteiger partial charge in [0.25, 0.3) is 0 Å². The van der Waals surface area contributed by atoms with Gasteiger partial charge in [-0.2, -0.15) is 0 Å². The Labute approximate surface area is 152 Å². The molecule has 140 valence electrons. The standard InChI is InChI=1S/C20H34N4O/c1-3-17-8-5-6-9-18(17)16-23-20(21-4-2)22-12-7-13-24-14-10-19(25)11-15-24/h5-6,8-9,19,25H,3-4,7,10-16H2,1-2H3,(H2,21,22,23). The molecule has 2 rings (SSSR count). The first-order chi connectivity index (χ1) is 12.2. The van der Waals surface area contributed by atoms with Crippen LogP contribution in [-0.4, -0.2) is 54.8 Å². The number of rotatable bonds is 8. The van der Waals surface area contributed by atoms with Crippen LogP contribution in [0.3, 0.4) is 0 Å². The van der Waals surface area contributed by atoms with Gasteiger partial charge < -0.3 is 20.6 Å². The van der Waals surface area contributed by atoms with Crippen LogP contribution in [0.15, 0.2) is 29.3 Å². The lowest BCUT2D eigenvalue weighted by Crippen LogP contribution is -2.40. The Balaban J connectivity index is 1.75. The molecular formula is C20H34N4O. The molecule has 0 atom stereocenters. The number of aryl methyl sites for hydroxylation is 1. The number of benzene rings is 1. The molecule has 1 fully saturated rings. The van der Waals surface area contributed by atoms with Crippen LogP contribution in [0.25, 0.3) is 0 Å². The Morgan fingerprint density at radius 3 is 2.56 bits per heavy atom. The number of aliphatic hydroxyl groups is 1. The molecule has 0 unspecified atom stereocenters. The zero-order chi connectivity index (χ0) is 17.9. The van der Waals surface area contributed by atoms with E-state index in [0.29, 0.717) is 6.54 Å². The summed E-state index contributed by atoms with van der Waals surface area (Å²) in [4.78, 5) is 7.17. The summed E-state index contributed by atoms with van der Waals surface area (Å²) in [5.74, 6) is 0.891. The second kappa shape index (κ2) is 11.1. The molecular weight excluding hydrogens is 312 g/mol. The molecule has 1 aliphatic rings. The molecule has 0 aliphatic carbocycles. The molecule has 0 saturated carbocycles. The summed E-state index contributed by atoms with van der Waals surface area (Å²) in [6.45, 7) is 9.89. The minimum atomic E-state index is -0.0899. The van der Waals surface area contributed by atoms with E-state index in [1.165, 1.54) is 11.1 Å². The zero-order valence-electron chi connectivity index (χ0n) is 15.8. The molecule has 0 amide bonds. The largest absolute Gasteiger partial charge is 0.393 e. The lowest BCUT2D eigenvalue weighted by Gasteiger charge is -2.29. The van der Waals surface area contributed by atoms with Crippen LogP contribution in [0.2, 0.25) is 0 Å². The van der Waals surface area contributed by atoms with Crippen molar-refractivity contribution in [3.8, 4) is 0 Å². The monoisotopic (exact) mass is 346 g/mol. The van der Waals surface area contributed by atoms with Gasteiger partial charge in [0, 0.05) is 26.2 Å². The fourth-order valence-electron chi connectivity index (χ4n) is 3.22. The first kappa shape index (κ1) is 19.7. The summed E-state index contributed by atoms with van der Waals surface area (Å²) in [5, 5.41) is 16.3. The van der Waals surface area contributed by atoms with Crippen molar-refractivity contribution in [3.63, 3.8) is 0 Å². The van der Waals surface area contributed by atoms with E-state index in [4.69, 9.17) is 4.99 Å². The van der Waals surface area contributed by atoms with E-state index in [1.807, 2.05) is 0 Å². The second-order valence-electron chi connectivity index (χ2n) is 6.67. The predicted molar refractivity (Wildman–Crippen MR) is 105 cm³/mol. The average Bonchev–Trinajstić information content (AvgIpc) is 2.64. The SMILES string of the molecule is CCNC(=NCc1ccccc1CC)NCCCN1CCC(O)CC1. The number of likely N-dealkylation sites (tertiary alicyclic amines) is 1. The van der Waals surface area contributed by atoms with Crippen LogP contribution in [0.5, 0.6) is 0 Å². The third-order valence-electron chi connectivity index (χ3n) is 4.75. The number of guanidine groups is 1. The van der Waals surface area contributed by atoms with Crippen molar-refractivity contribution in [2.24, 2.45) is 4.99 Å². The first-order valence-corrected chi connectivity index (χ1v) is 9.72. The number of hydrogen-bond donors (Lipinski definition) is 3. The van der Waals surface area contributed by atoms with Crippen LogP contribution in [0.1, 0.15) is 44.2 Å². The van der Waals surface area contributed by atoms with Crippen molar-refractivity contribution >= 4 is 5.96 Å². The number of piperidine rings is 1. The summed E-state index contributed by atoms with van der Waals surface area (Å²) in [6.07, 6.45) is 3.86. The minimum absolute atomic E-state index is 0.0899. The van der Waals surface area contributed by atoms with E-state index in [9.17, 15) is 5.11 Å². The zero-order valence-corrected chi connectivity index (χ0v) is 15.8. The molecule has 1 saturated heterocycles. The molecule has 3 N–H and O–H groups in total. The summed E-state index contributed by atoms with van der Waals surface area (Å²) < 4.78 is 0. The van der Waals surface area contributed by atoms with E-state index in [-0.39, 0.29) is 6.10 Å². The lowest BCUT2D eigenvalue weighted by molar-refractivity contribution is 0.0823. The van der Waals surface area contributed by atoms with Gasteiger partial charge in [0.2, 0.25) is 0 Å². The predicted octanol–water partition coefficient (Wildman–Crippen LogP) is 2.15. The Morgan fingerprint density at radius 1 is 1.16 bits per heavy atom. The molecule has 1 aromatic carbocycles. The second-order valence-corrected chi connectivity index (χ2v) is 6.67. The van der Waals surface area contributed by atoms with Crippen molar-refractivity contribution in [2.75, 3.05) is 32.7 Å². The Hall–Kier alpha value is -1.59. The topological polar surface area (TPSA) is 59.9 Å². The van der Waals surface area contributed by atoms with Gasteiger partial charge in [-0.25, -0.2) is 4.99 Å². The highest BCUT2D eigenvalue weighted by Gasteiger charge is 2.15. The van der Waals surface area contributed by atoms with E-state index in [1.54, 1.807) is 0 Å². The first-order valence-electron chi connectivity index (χ1n) is 9.72. The Morgan fingerprint density at radius 2 is 1.88 bits per heavy atom. The van der Waals surface area contributed by atoms with Crippen LogP contribution in [0, 0.1) is 0 Å². The summed E-state index contributed by atoms with van der Waals surface area (Å²) in [6, 6.07) is 8.52. The van der Waals surface area contributed by atoms with Gasteiger partial charge in [0.15, 0.2) is 5.96 Å². The molecule has 0 aromatic heterocycles. The highest BCUT2D eigenvalue weighted by atomic mass is 16.3. The minimum Gasteiger partial charge on any atom is -0.393 e. The van der Waals surface area contributed by atoms with Gasteiger partial charge >= 0.3 is 0 Å². The quantitative estimate of drug-likeness (QED) is 0.383. The Kier molecular flexibility index (Phi) is 8.77. The van der Waals surface area contributed by atoms with Crippen LogP contribution in [0.4, 0.5) is 0 Å². The summed E-state index contributed by atoms with van der Waals surface area (Å²) >= 11 is 0. The van der Waals surface area contributed by atoms with Crippen molar-refractivity contribution < 1.29 is 5.11 Å². The number of nitrogens with one attached hydrogen (secondary N) is 2. The van der Waals surface area contributed by atoms with Crippen molar-refractivity contribution in [1.29, 1.82) is 0 Å². The van der Waals surface area contributed by atoms with Gasteiger partial charge in [-0.3, -0.25) is 0 Å². The van der Waals surface area contributed by atoms with Gasteiger partial charge in [0.1, 0.15) is 0 Å². The van der Waals surface area contributed by atoms with Crippen LogP contribution >= 0.6 is 0 Å². The van der Waals surface area contributed by atoms with Crippen molar-refractivity contribution in [3.05, 3.63) is 35.4 Å². The van der Waals surface area contributed by atoms with Crippen LogP contribution in [-0.2, 0) is 13.0 Å². The highest BCUT2D eigenvalue weighted by molar-refractivity contribution is 5.79. The number of aliphatic imine (C=N–C) groups is 1. The molecule has 0 bridgehead atoms. The lowest BCUT2D eigenvalue weighted by atomic mass is 10.1. The van der Waals surface area contributed by atoms with Gasteiger partial charge in [-0.05, 0) is 50.3 Å². The smallest absolute Gasteiger partial charge is 0.191 e. The number of nitrogens with zero attached hydrogens (tertiary/aromatic N) is 2. The molecule has 0 radical (unpaired) electrons. The molecule has 1 aliphatic heterocycles. The van der Waals surface area contributed by atoms with Gasteiger partial charge in [-0.15, -0.1) is 0 Å². The maximum atomic E-state index is 9.56. The molecule has 1 aromatic rings. The van der Waals surface area contributed by atoms with E-state index < -0.39 is 0 Å². The fourth-order valence-corrected chi connectivity index (χ4v) is 3.22. The molecule has 5 nitrogen and oxygen atoms in total. The highest BCUT2D eigenvalue weighted by Crippen LogP contribution is 2.11. The maximum Gasteiger partial charge on any atom is 0.191 e. The molecule has 25 heavy (non-hydrogen) atoms. The summed E-state index contributed by atoms with van der Waals surface area (Å²) in [5.41, 5.74) is 2.67. The van der Waals surface area contributed by atoms with Gasteiger partial charge in [-0.1, -0.05) is 31.2 Å². The van der Waals surface area contributed by atoms with Crippen LogP contribution < -0.4 is 10.6 Å². The van der Waals surface area contributed by atoms with E-state index in [2.05, 4.69) is 53.6 Å². The summed E-state index contributed by atoms with van der Waals surface area (Å²) in [7, 11) is 0. The third kappa shape index (κ3) is 7.04. The molecule has 0 spiro atoms. The maximum absolute atomic E-state index is 9.56. The third-order valence-corrected chi connectivity index (χ3v) is 4.75. The molecule has 1 heterocycles. The van der Waals surface area contributed by atoms with Crippen molar-refractivity contribution in [1.82, 2.24) is 15.5 Å². The normalized spacial score (nSPS) is 16.8. The van der Waals surface area contributed by atoms with Crippen molar-refractivity contribution in [2.45, 2.75) is 52.2 Å². The van der Waals surface area contributed by atoms with E-state index in [0.717, 1.165) is 64.4 Å². The van der Waals surface area contributed by atoms with Gasteiger partial charge in [0.05, 0.1) is 12.6 Å². The number of hydrogen-bond acceptors (Lipinski definition) is 3. The van der Waals surface area contributed by atoms with E-state index >= 15 is 0 Å². The number of aliphatic hydroxyl groups excluding tert-OH is 1. The fraction of sp³-hybridized carbons (Fsp3) is 0.650. The Bertz CT molecular complexity index is 524. The average molecular weight is 347 g/mol. The molecule has 5 heteroatoms.